The summed E-state index contributed by atoms with van der Waals surface area (Å²) in [6.07, 6.45) is 2.66. The Kier molecular flexibility index (Phi) is 4.12. The van der Waals surface area contributed by atoms with Crippen molar-refractivity contribution < 1.29 is 0 Å². The molecule has 6 rings (SSSR count). The Balaban J connectivity index is 1.71. The summed E-state index contributed by atoms with van der Waals surface area (Å²) in [5.74, 6) is 0. The quantitative estimate of drug-likeness (QED) is 0.261. The number of nitriles is 1. The summed E-state index contributed by atoms with van der Waals surface area (Å²) in [5, 5.41) is 17.1. The van der Waals surface area contributed by atoms with Crippen LogP contribution < -0.4 is 0 Å². The normalized spacial score (nSPS) is 12.8. The van der Waals surface area contributed by atoms with Crippen molar-refractivity contribution in [2.24, 2.45) is 5.41 Å². The van der Waals surface area contributed by atoms with Gasteiger partial charge in [-0.25, -0.2) is 0 Å². The monoisotopic (exact) mass is 430 g/mol. The fourth-order valence-electron chi connectivity index (χ4n) is 5.08. The van der Waals surface area contributed by atoms with Crippen LogP contribution in [0.15, 0.2) is 76.7 Å². The fraction of sp³-hybridized carbons (Fsp3) is 0.172. The molecule has 4 aromatic carbocycles. The number of nitrogens with zero attached hydrogens (tertiary/aromatic N) is 2. The molecule has 0 bridgehead atoms. The Bertz CT molecular complexity index is 1620. The minimum atomic E-state index is -0.413. The Labute approximate surface area is 191 Å². The molecule has 0 aliphatic carbocycles. The smallest absolute Gasteiger partial charge is 0.0803 e. The maximum absolute atomic E-state index is 9.63. The molecule has 154 valence electrons. The molecule has 1 aliphatic heterocycles. The van der Waals surface area contributed by atoms with Crippen LogP contribution in [0.3, 0.4) is 0 Å². The van der Waals surface area contributed by atoms with Crippen molar-refractivity contribution in [3.05, 3.63) is 78.0 Å². The third-order valence-electron chi connectivity index (χ3n) is 6.59. The fourth-order valence-corrected chi connectivity index (χ4v) is 6.32. The van der Waals surface area contributed by atoms with E-state index in [0.717, 1.165) is 12.1 Å². The molecular formula is C29H22N2S. The predicted molar refractivity (Wildman–Crippen MR) is 134 cm³/mol. The number of pyridine rings is 1. The predicted octanol–water partition coefficient (Wildman–Crippen LogP) is 8.07. The first-order valence-corrected chi connectivity index (χ1v) is 11.7. The van der Waals surface area contributed by atoms with Gasteiger partial charge >= 0.3 is 0 Å². The van der Waals surface area contributed by atoms with Crippen LogP contribution >= 0.6 is 11.8 Å². The van der Waals surface area contributed by atoms with Crippen LogP contribution in [0.2, 0.25) is 0 Å². The zero-order valence-electron chi connectivity index (χ0n) is 18.4. The van der Waals surface area contributed by atoms with Gasteiger partial charge in [-0.2, -0.15) is 5.26 Å². The first-order chi connectivity index (χ1) is 15.5. The second kappa shape index (κ2) is 6.82. The van der Waals surface area contributed by atoms with Gasteiger partial charge in [0.1, 0.15) is 0 Å². The van der Waals surface area contributed by atoms with E-state index in [1.54, 1.807) is 0 Å². The van der Waals surface area contributed by atoms with Gasteiger partial charge in [0, 0.05) is 26.9 Å². The van der Waals surface area contributed by atoms with Gasteiger partial charge in [0.25, 0.3) is 0 Å². The molecule has 0 unspecified atom stereocenters. The first-order valence-electron chi connectivity index (χ1n) is 10.9. The number of fused-ring (bicyclic) bond motifs is 5. The molecule has 0 saturated heterocycles. The Hall–Kier alpha value is -3.35. The van der Waals surface area contributed by atoms with Crippen LogP contribution in [-0.2, 0) is 6.42 Å². The average molecular weight is 431 g/mol. The van der Waals surface area contributed by atoms with Gasteiger partial charge in [-0.1, -0.05) is 54.2 Å². The van der Waals surface area contributed by atoms with Gasteiger partial charge in [0.05, 0.1) is 17.2 Å². The van der Waals surface area contributed by atoms with Gasteiger partial charge in [0.2, 0.25) is 0 Å². The van der Waals surface area contributed by atoms with Crippen LogP contribution in [0.4, 0.5) is 0 Å². The molecule has 32 heavy (non-hydrogen) atoms. The summed E-state index contributed by atoms with van der Waals surface area (Å²) in [6.45, 7) is 6.25. The SMILES string of the molecule is Cc1c2c(cc3ccccc13)-c1nccc3c1c(cc1cccc(CC(C)(C)C#N)c13)S2. The molecule has 1 aromatic heterocycles. The lowest BCUT2D eigenvalue weighted by Gasteiger charge is -2.24. The Morgan fingerprint density at radius 1 is 0.938 bits per heavy atom. The molecule has 5 aromatic rings. The highest BCUT2D eigenvalue weighted by atomic mass is 32.2. The number of hydrogen-bond donors (Lipinski definition) is 0. The van der Waals surface area contributed by atoms with Gasteiger partial charge < -0.3 is 0 Å². The van der Waals surface area contributed by atoms with Crippen LogP contribution in [0.1, 0.15) is 25.0 Å². The number of benzene rings is 4. The summed E-state index contributed by atoms with van der Waals surface area (Å²) in [4.78, 5) is 7.45. The van der Waals surface area contributed by atoms with Crippen molar-refractivity contribution in [2.75, 3.05) is 0 Å². The second-order valence-corrected chi connectivity index (χ2v) is 10.4. The zero-order chi connectivity index (χ0) is 22.0. The van der Waals surface area contributed by atoms with E-state index in [1.165, 1.54) is 58.8 Å². The molecule has 3 heteroatoms. The lowest BCUT2D eigenvalue weighted by atomic mass is 9.84. The van der Waals surface area contributed by atoms with Crippen molar-refractivity contribution in [1.82, 2.24) is 4.98 Å². The van der Waals surface area contributed by atoms with Crippen LogP contribution in [0.5, 0.6) is 0 Å². The number of aryl methyl sites for hydroxylation is 1. The maximum Gasteiger partial charge on any atom is 0.0803 e. The van der Waals surface area contributed by atoms with E-state index in [4.69, 9.17) is 4.98 Å². The van der Waals surface area contributed by atoms with Crippen molar-refractivity contribution in [2.45, 2.75) is 37.0 Å². The average Bonchev–Trinajstić information content (AvgIpc) is 2.80. The lowest BCUT2D eigenvalue weighted by molar-refractivity contribution is 0.495. The van der Waals surface area contributed by atoms with Gasteiger partial charge in [-0.3, -0.25) is 4.98 Å². The molecule has 0 atom stereocenters. The molecule has 1 aliphatic rings. The van der Waals surface area contributed by atoms with Crippen molar-refractivity contribution in [3.8, 4) is 17.3 Å². The third-order valence-corrected chi connectivity index (χ3v) is 7.86. The molecule has 0 radical (unpaired) electrons. The zero-order valence-corrected chi connectivity index (χ0v) is 19.2. The molecule has 0 N–H and O–H groups in total. The summed E-state index contributed by atoms with van der Waals surface area (Å²) in [5.41, 5.74) is 4.42. The van der Waals surface area contributed by atoms with Crippen LogP contribution in [-0.4, -0.2) is 4.98 Å². The lowest BCUT2D eigenvalue weighted by Crippen LogP contribution is -2.12. The Morgan fingerprint density at radius 3 is 2.59 bits per heavy atom. The van der Waals surface area contributed by atoms with Crippen molar-refractivity contribution >= 4 is 44.1 Å². The van der Waals surface area contributed by atoms with E-state index >= 15 is 0 Å². The minimum absolute atomic E-state index is 0.413. The van der Waals surface area contributed by atoms with Gasteiger partial charge in [-0.05, 0) is 83.4 Å². The summed E-state index contributed by atoms with van der Waals surface area (Å²) >= 11 is 1.86. The molecule has 0 amide bonds. The molecule has 0 spiro atoms. The summed E-state index contributed by atoms with van der Waals surface area (Å²) in [6, 6.07) is 24.3. The summed E-state index contributed by atoms with van der Waals surface area (Å²) < 4.78 is 0. The minimum Gasteiger partial charge on any atom is -0.256 e. The van der Waals surface area contributed by atoms with Crippen molar-refractivity contribution in [1.29, 1.82) is 5.26 Å². The van der Waals surface area contributed by atoms with Gasteiger partial charge in [0.15, 0.2) is 0 Å². The Morgan fingerprint density at radius 2 is 1.75 bits per heavy atom. The molecular weight excluding hydrogens is 408 g/mol. The van der Waals surface area contributed by atoms with E-state index < -0.39 is 5.41 Å². The van der Waals surface area contributed by atoms with Crippen molar-refractivity contribution in [3.63, 3.8) is 0 Å². The summed E-state index contributed by atoms with van der Waals surface area (Å²) in [7, 11) is 0. The number of rotatable bonds is 2. The number of aromatic nitrogens is 1. The van der Waals surface area contributed by atoms with Gasteiger partial charge in [-0.15, -0.1) is 0 Å². The topological polar surface area (TPSA) is 36.7 Å². The van der Waals surface area contributed by atoms with E-state index in [2.05, 4.69) is 73.7 Å². The third kappa shape index (κ3) is 2.76. The highest BCUT2D eigenvalue weighted by molar-refractivity contribution is 8.00. The maximum atomic E-state index is 9.63. The highest BCUT2D eigenvalue weighted by Gasteiger charge is 2.26. The van der Waals surface area contributed by atoms with E-state index in [-0.39, 0.29) is 0 Å². The molecule has 0 saturated carbocycles. The highest BCUT2D eigenvalue weighted by Crippen LogP contribution is 2.51. The van der Waals surface area contributed by atoms with Crippen LogP contribution in [0.25, 0.3) is 43.6 Å². The molecule has 0 fully saturated rings. The van der Waals surface area contributed by atoms with E-state index in [9.17, 15) is 5.26 Å². The van der Waals surface area contributed by atoms with E-state index in [1.807, 2.05) is 31.8 Å². The molecule has 2 nitrogen and oxygen atoms in total. The second-order valence-electron chi connectivity index (χ2n) is 9.35. The standard InChI is InChI=1S/C29H22N2S/c1-17-21-10-5-4-7-18(21)13-23-27-26-22(11-12-31-27)25-19(14-24(26)32-28(17)23)8-6-9-20(25)15-29(2,3)16-30/h4-14H,15H2,1-3H3. The number of hydrogen-bond acceptors (Lipinski definition) is 3. The first kappa shape index (κ1) is 19.3. The van der Waals surface area contributed by atoms with Crippen LogP contribution in [0, 0.1) is 23.7 Å². The van der Waals surface area contributed by atoms with E-state index in [0.29, 0.717) is 0 Å². The molecule has 2 heterocycles. The largest absolute Gasteiger partial charge is 0.256 e.